The van der Waals surface area contributed by atoms with Gasteiger partial charge in [0.05, 0.1) is 0 Å². The fraction of sp³-hybridized carbons (Fsp3) is 0.353. The molecular formula is C17H20O2. The number of rotatable bonds is 5. The molecule has 0 bridgehead atoms. The van der Waals surface area contributed by atoms with E-state index in [4.69, 9.17) is 4.74 Å². The molecule has 0 saturated heterocycles. The van der Waals surface area contributed by atoms with Gasteiger partial charge in [-0.3, -0.25) is 4.79 Å². The quantitative estimate of drug-likeness (QED) is 0.458. The predicted molar refractivity (Wildman–Crippen MR) is 77.5 cm³/mol. The average molecular weight is 256 g/mol. The molecule has 0 fully saturated rings. The minimum atomic E-state index is -0.336. The highest BCUT2D eigenvalue weighted by Crippen LogP contribution is 2.07. The van der Waals surface area contributed by atoms with E-state index in [1.807, 2.05) is 25.1 Å². The fourth-order valence-electron chi connectivity index (χ4n) is 1.62. The van der Waals surface area contributed by atoms with Crippen molar-refractivity contribution in [3.8, 4) is 11.8 Å². The molecule has 1 atom stereocenters. The summed E-state index contributed by atoms with van der Waals surface area (Å²) in [5, 5.41) is 0. The average Bonchev–Trinajstić information content (AvgIpc) is 2.36. The Hall–Kier alpha value is -2.01. The molecule has 0 N–H and O–H groups in total. The standard InChI is InChI=1S/C17H20O2/c1-14(2)8-7-11-17(19-15(3)18)13-12-16-9-5-4-6-10-16/h4-6,9-10,17H,1,8,12-13H2,2-3H3. The lowest BCUT2D eigenvalue weighted by Gasteiger charge is -2.10. The molecule has 0 aliphatic rings. The highest BCUT2D eigenvalue weighted by atomic mass is 16.5. The summed E-state index contributed by atoms with van der Waals surface area (Å²) in [5.41, 5.74) is 2.23. The Balaban J connectivity index is 2.56. The zero-order chi connectivity index (χ0) is 14.1. The molecule has 1 unspecified atom stereocenters. The van der Waals surface area contributed by atoms with Crippen LogP contribution >= 0.6 is 0 Å². The second-order valence-electron chi connectivity index (χ2n) is 4.58. The van der Waals surface area contributed by atoms with Gasteiger partial charge in [-0.15, -0.1) is 0 Å². The van der Waals surface area contributed by atoms with Crippen molar-refractivity contribution in [2.45, 2.75) is 39.2 Å². The maximum atomic E-state index is 11.1. The van der Waals surface area contributed by atoms with Gasteiger partial charge < -0.3 is 4.74 Å². The van der Waals surface area contributed by atoms with Gasteiger partial charge in [0.2, 0.25) is 0 Å². The second kappa shape index (κ2) is 8.16. The Labute approximate surface area is 115 Å². The summed E-state index contributed by atoms with van der Waals surface area (Å²) >= 11 is 0. The molecule has 0 aliphatic heterocycles. The van der Waals surface area contributed by atoms with Crippen LogP contribution in [-0.2, 0) is 16.0 Å². The zero-order valence-electron chi connectivity index (χ0n) is 11.6. The van der Waals surface area contributed by atoms with Crippen molar-refractivity contribution in [2.75, 3.05) is 0 Å². The molecule has 19 heavy (non-hydrogen) atoms. The van der Waals surface area contributed by atoms with Gasteiger partial charge in [-0.25, -0.2) is 0 Å². The van der Waals surface area contributed by atoms with E-state index >= 15 is 0 Å². The Morgan fingerprint density at radius 3 is 2.58 bits per heavy atom. The second-order valence-corrected chi connectivity index (χ2v) is 4.58. The van der Waals surface area contributed by atoms with Gasteiger partial charge in [0, 0.05) is 13.3 Å². The SMILES string of the molecule is C=C(C)CC#CC(CCc1ccccc1)OC(C)=O. The summed E-state index contributed by atoms with van der Waals surface area (Å²) in [4.78, 5) is 11.1. The molecule has 1 aromatic rings. The van der Waals surface area contributed by atoms with Crippen molar-refractivity contribution in [1.82, 2.24) is 0 Å². The van der Waals surface area contributed by atoms with Gasteiger partial charge in [-0.1, -0.05) is 54.3 Å². The fourth-order valence-corrected chi connectivity index (χ4v) is 1.62. The summed E-state index contributed by atoms with van der Waals surface area (Å²) < 4.78 is 5.21. The summed E-state index contributed by atoms with van der Waals surface area (Å²) in [5.74, 6) is 5.71. The highest BCUT2D eigenvalue weighted by molar-refractivity contribution is 5.66. The molecule has 2 heteroatoms. The van der Waals surface area contributed by atoms with Crippen LogP contribution in [0.4, 0.5) is 0 Å². The minimum Gasteiger partial charge on any atom is -0.449 e. The molecule has 0 heterocycles. The Bertz CT molecular complexity index is 477. The van der Waals surface area contributed by atoms with E-state index in [1.165, 1.54) is 12.5 Å². The summed E-state index contributed by atoms with van der Waals surface area (Å²) in [6, 6.07) is 10.1. The smallest absolute Gasteiger partial charge is 0.303 e. The van der Waals surface area contributed by atoms with Gasteiger partial charge in [0.1, 0.15) is 0 Å². The number of carbonyl (C=O) groups excluding carboxylic acids is 1. The van der Waals surface area contributed by atoms with Crippen LogP contribution in [0.5, 0.6) is 0 Å². The van der Waals surface area contributed by atoms with Crippen molar-refractivity contribution < 1.29 is 9.53 Å². The largest absolute Gasteiger partial charge is 0.449 e. The first-order valence-corrected chi connectivity index (χ1v) is 6.42. The Morgan fingerprint density at radius 1 is 1.32 bits per heavy atom. The van der Waals surface area contributed by atoms with E-state index in [-0.39, 0.29) is 12.1 Å². The summed E-state index contributed by atoms with van der Waals surface area (Å²) in [7, 11) is 0. The molecule has 0 aliphatic carbocycles. The van der Waals surface area contributed by atoms with Gasteiger partial charge in [-0.2, -0.15) is 0 Å². The van der Waals surface area contributed by atoms with Gasteiger partial charge in [0.15, 0.2) is 6.10 Å². The van der Waals surface area contributed by atoms with E-state index < -0.39 is 0 Å². The van der Waals surface area contributed by atoms with Crippen LogP contribution in [0.1, 0.15) is 32.3 Å². The summed E-state index contributed by atoms with van der Waals surface area (Å²) in [6.07, 6.45) is 1.87. The monoisotopic (exact) mass is 256 g/mol. The maximum absolute atomic E-state index is 11.1. The number of esters is 1. The van der Waals surface area contributed by atoms with E-state index in [1.54, 1.807) is 0 Å². The van der Waals surface area contributed by atoms with E-state index in [9.17, 15) is 4.79 Å². The van der Waals surface area contributed by atoms with Gasteiger partial charge in [0.25, 0.3) is 0 Å². The van der Waals surface area contributed by atoms with E-state index in [2.05, 4.69) is 30.6 Å². The topological polar surface area (TPSA) is 26.3 Å². The van der Waals surface area contributed by atoms with E-state index in [0.717, 1.165) is 12.0 Å². The number of hydrogen-bond acceptors (Lipinski definition) is 2. The molecule has 2 nitrogen and oxygen atoms in total. The van der Waals surface area contributed by atoms with Crippen LogP contribution < -0.4 is 0 Å². The number of carbonyl (C=O) groups is 1. The number of hydrogen-bond donors (Lipinski definition) is 0. The third-order valence-corrected chi connectivity index (χ3v) is 2.50. The first kappa shape index (κ1) is 15.0. The van der Waals surface area contributed by atoms with Crippen molar-refractivity contribution >= 4 is 5.97 Å². The number of allylic oxidation sites excluding steroid dienone is 1. The van der Waals surface area contributed by atoms with Crippen LogP contribution in [0.2, 0.25) is 0 Å². The summed E-state index contributed by atoms with van der Waals surface area (Å²) in [6.45, 7) is 7.14. The number of benzene rings is 1. The van der Waals surface area contributed by atoms with Crippen molar-refractivity contribution in [2.24, 2.45) is 0 Å². The molecule has 0 saturated carbocycles. The minimum absolute atomic E-state index is 0.289. The maximum Gasteiger partial charge on any atom is 0.303 e. The van der Waals surface area contributed by atoms with Crippen LogP contribution in [-0.4, -0.2) is 12.1 Å². The Kier molecular flexibility index (Phi) is 6.46. The lowest BCUT2D eigenvalue weighted by atomic mass is 10.1. The lowest BCUT2D eigenvalue weighted by molar-refractivity contribution is -0.143. The van der Waals surface area contributed by atoms with Gasteiger partial charge >= 0.3 is 5.97 Å². The molecule has 0 spiro atoms. The third-order valence-electron chi connectivity index (χ3n) is 2.50. The van der Waals surface area contributed by atoms with Crippen molar-refractivity contribution in [1.29, 1.82) is 0 Å². The number of aryl methyl sites for hydroxylation is 1. The predicted octanol–water partition coefficient (Wildman–Crippen LogP) is 3.52. The van der Waals surface area contributed by atoms with Crippen molar-refractivity contribution in [3.63, 3.8) is 0 Å². The van der Waals surface area contributed by atoms with Gasteiger partial charge in [-0.05, 0) is 25.3 Å². The number of ether oxygens (including phenoxy) is 1. The highest BCUT2D eigenvalue weighted by Gasteiger charge is 2.08. The zero-order valence-corrected chi connectivity index (χ0v) is 11.6. The molecule has 1 rings (SSSR count). The third kappa shape index (κ3) is 7.10. The van der Waals surface area contributed by atoms with E-state index in [0.29, 0.717) is 12.8 Å². The van der Waals surface area contributed by atoms with Crippen LogP contribution in [0.3, 0.4) is 0 Å². The molecule has 0 aromatic heterocycles. The molecular weight excluding hydrogens is 236 g/mol. The first-order valence-electron chi connectivity index (χ1n) is 6.42. The molecule has 0 radical (unpaired) electrons. The normalized spacial score (nSPS) is 11.1. The van der Waals surface area contributed by atoms with Crippen LogP contribution in [0.15, 0.2) is 42.5 Å². The van der Waals surface area contributed by atoms with Crippen molar-refractivity contribution in [3.05, 3.63) is 48.0 Å². The molecule has 0 amide bonds. The first-order chi connectivity index (χ1) is 9.08. The lowest BCUT2D eigenvalue weighted by Crippen LogP contribution is -2.15. The molecule has 100 valence electrons. The van der Waals surface area contributed by atoms with Crippen LogP contribution in [0.25, 0.3) is 0 Å². The van der Waals surface area contributed by atoms with Crippen LogP contribution in [0, 0.1) is 11.8 Å². The molecule has 1 aromatic carbocycles. The Morgan fingerprint density at radius 2 is 2.00 bits per heavy atom.